The number of anilines is 1. The average molecular weight is 265 g/mol. The molecule has 0 aliphatic heterocycles. The number of nitrogens with zero attached hydrogens (tertiary/aromatic N) is 2. The van der Waals surface area contributed by atoms with Crippen molar-refractivity contribution in [1.82, 2.24) is 9.97 Å². The van der Waals surface area contributed by atoms with Gasteiger partial charge in [0.05, 0.1) is 0 Å². The van der Waals surface area contributed by atoms with Gasteiger partial charge in [-0.05, 0) is 18.6 Å². The minimum Gasteiger partial charge on any atom is -0.439 e. The van der Waals surface area contributed by atoms with Crippen molar-refractivity contribution in [2.24, 2.45) is 0 Å². The van der Waals surface area contributed by atoms with Gasteiger partial charge in [0.15, 0.2) is 11.6 Å². The van der Waals surface area contributed by atoms with Gasteiger partial charge in [-0.1, -0.05) is 6.92 Å². The Hall–Kier alpha value is -2.24. The predicted octanol–water partition coefficient (Wildman–Crippen LogP) is 3.37. The second kappa shape index (κ2) is 6.08. The average Bonchev–Trinajstić information content (AvgIpc) is 2.41. The topological polar surface area (TPSA) is 47.0 Å². The largest absolute Gasteiger partial charge is 0.439 e. The molecule has 19 heavy (non-hydrogen) atoms. The summed E-state index contributed by atoms with van der Waals surface area (Å²) >= 11 is 0. The van der Waals surface area contributed by atoms with Gasteiger partial charge >= 0.3 is 0 Å². The molecular formula is C13H13F2N3O. The second-order valence-electron chi connectivity index (χ2n) is 3.82. The number of halogens is 2. The normalized spacial score (nSPS) is 10.3. The van der Waals surface area contributed by atoms with E-state index < -0.39 is 11.6 Å². The van der Waals surface area contributed by atoms with Crippen LogP contribution < -0.4 is 10.1 Å². The zero-order chi connectivity index (χ0) is 13.7. The van der Waals surface area contributed by atoms with E-state index in [4.69, 9.17) is 4.74 Å². The lowest BCUT2D eigenvalue weighted by Crippen LogP contribution is -2.04. The molecule has 0 aliphatic carbocycles. The molecule has 4 nitrogen and oxygen atoms in total. The smallest absolute Gasteiger partial charge is 0.225 e. The first-order valence-electron chi connectivity index (χ1n) is 5.89. The molecule has 0 saturated carbocycles. The maximum atomic E-state index is 13.0. The van der Waals surface area contributed by atoms with Gasteiger partial charge in [0.25, 0.3) is 0 Å². The van der Waals surface area contributed by atoms with E-state index in [-0.39, 0.29) is 11.6 Å². The number of hydrogen-bond acceptors (Lipinski definition) is 4. The zero-order valence-electron chi connectivity index (χ0n) is 10.4. The van der Waals surface area contributed by atoms with Gasteiger partial charge < -0.3 is 10.1 Å². The van der Waals surface area contributed by atoms with Crippen LogP contribution in [0.3, 0.4) is 0 Å². The molecule has 0 amide bonds. The van der Waals surface area contributed by atoms with E-state index in [2.05, 4.69) is 15.3 Å². The minimum absolute atomic E-state index is 0.180. The van der Waals surface area contributed by atoms with Crippen molar-refractivity contribution < 1.29 is 13.5 Å². The minimum atomic E-state index is -0.962. The van der Waals surface area contributed by atoms with Crippen molar-refractivity contribution in [3.05, 3.63) is 42.1 Å². The summed E-state index contributed by atoms with van der Waals surface area (Å²) < 4.78 is 31.1. The van der Waals surface area contributed by atoms with Crippen LogP contribution in [0.4, 0.5) is 14.7 Å². The van der Waals surface area contributed by atoms with Gasteiger partial charge in [0.1, 0.15) is 5.75 Å². The third-order valence-electron chi connectivity index (χ3n) is 2.28. The summed E-state index contributed by atoms with van der Waals surface area (Å²) in [6, 6.07) is 4.84. The van der Waals surface area contributed by atoms with Crippen LogP contribution in [0.1, 0.15) is 13.3 Å². The van der Waals surface area contributed by atoms with Gasteiger partial charge in [-0.2, -0.15) is 4.98 Å². The van der Waals surface area contributed by atoms with Crippen molar-refractivity contribution in [3.8, 4) is 11.6 Å². The highest BCUT2D eigenvalue weighted by atomic mass is 19.2. The molecule has 1 aromatic carbocycles. The van der Waals surface area contributed by atoms with Crippen molar-refractivity contribution in [2.45, 2.75) is 13.3 Å². The van der Waals surface area contributed by atoms with E-state index in [1.807, 2.05) is 6.92 Å². The fourth-order valence-electron chi connectivity index (χ4n) is 1.38. The van der Waals surface area contributed by atoms with E-state index in [0.717, 1.165) is 25.1 Å². The SMILES string of the molecule is CCCNc1nccc(Oc2ccc(F)c(F)c2)n1. The van der Waals surface area contributed by atoms with Gasteiger partial charge in [0.2, 0.25) is 11.8 Å². The Kier molecular flexibility index (Phi) is 4.22. The van der Waals surface area contributed by atoms with Crippen LogP contribution in [0.15, 0.2) is 30.5 Å². The fourth-order valence-corrected chi connectivity index (χ4v) is 1.38. The summed E-state index contributed by atoms with van der Waals surface area (Å²) in [5, 5.41) is 3.00. The Morgan fingerprint density at radius 2 is 2.05 bits per heavy atom. The molecule has 1 aromatic heterocycles. The van der Waals surface area contributed by atoms with E-state index in [1.54, 1.807) is 6.07 Å². The quantitative estimate of drug-likeness (QED) is 0.900. The molecule has 6 heteroatoms. The van der Waals surface area contributed by atoms with Crippen molar-refractivity contribution in [1.29, 1.82) is 0 Å². The van der Waals surface area contributed by atoms with Crippen LogP contribution in [-0.4, -0.2) is 16.5 Å². The molecule has 1 heterocycles. The summed E-state index contributed by atoms with van der Waals surface area (Å²) in [5.74, 6) is -1.00. The molecule has 0 unspecified atom stereocenters. The molecule has 0 bridgehead atoms. The Labute approximate surface area is 109 Å². The molecule has 0 aliphatic rings. The molecule has 1 N–H and O–H groups in total. The summed E-state index contributed by atoms with van der Waals surface area (Å²) in [6.45, 7) is 2.77. The Balaban J connectivity index is 2.11. The molecular weight excluding hydrogens is 252 g/mol. The Morgan fingerprint density at radius 3 is 2.79 bits per heavy atom. The van der Waals surface area contributed by atoms with Crippen LogP contribution in [-0.2, 0) is 0 Å². The van der Waals surface area contributed by atoms with E-state index in [0.29, 0.717) is 5.95 Å². The number of aromatic nitrogens is 2. The van der Waals surface area contributed by atoms with Gasteiger partial charge in [-0.25, -0.2) is 13.8 Å². The highest BCUT2D eigenvalue weighted by Gasteiger charge is 2.05. The lowest BCUT2D eigenvalue weighted by Gasteiger charge is -2.07. The standard InChI is InChI=1S/C13H13F2N3O/c1-2-6-16-13-17-7-5-12(18-13)19-9-3-4-10(14)11(15)8-9/h3-5,7-8H,2,6H2,1H3,(H,16,17,18). The third-order valence-corrected chi connectivity index (χ3v) is 2.28. The maximum absolute atomic E-state index is 13.0. The van der Waals surface area contributed by atoms with Crippen molar-refractivity contribution >= 4 is 5.95 Å². The van der Waals surface area contributed by atoms with E-state index in [9.17, 15) is 8.78 Å². The summed E-state index contributed by atoms with van der Waals surface area (Å²) in [6.07, 6.45) is 2.47. The lowest BCUT2D eigenvalue weighted by molar-refractivity contribution is 0.447. The van der Waals surface area contributed by atoms with Crippen molar-refractivity contribution in [3.63, 3.8) is 0 Å². The monoisotopic (exact) mass is 265 g/mol. The number of hydrogen-bond donors (Lipinski definition) is 1. The molecule has 2 rings (SSSR count). The molecule has 0 saturated heterocycles. The van der Waals surface area contributed by atoms with Crippen LogP contribution in [0.25, 0.3) is 0 Å². The first-order valence-corrected chi connectivity index (χ1v) is 5.89. The van der Waals surface area contributed by atoms with Gasteiger partial charge in [-0.3, -0.25) is 0 Å². The molecule has 0 spiro atoms. The molecule has 2 aromatic rings. The molecule has 0 atom stereocenters. The first kappa shape index (κ1) is 13.2. The highest BCUT2D eigenvalue weighted by Crippen LogP contribution is 2.21. The van der Waals surface area contributed by atoms with Crippen LogP contribution >= 0.6 is 0 Å². The Morgan fingerprint density at radius 1 is 1.21 bits per heavy atom. The van der Waals surface area contributed by atoms with Gasteiger partial charge in [0, 0.05) is 24.9 Å². The maximum Gasteiger partial charge on any atom is 0.225 e. The van der Waals surface area contributed by atoms with E-state index in [1.165, 1.54) is 12.3 Å². The number of rotatable bonds is 5. The molecule has 0 radical (unpaired) electrons. The zero-order valence-corrected chi connectivity index (χ0v) is 10.4. The second-order valence-corrected chi connectivity index (χ2v) is 3.82. The number of ether oxygens (including phenoxy) is 1. The number of nitrogens with one attached hydrogen (secondary N) is 1. The Bertz CT molecular complexity index is 563. The first-order chi connectivity index (χ1) is 9.19. The summed E-state index contributed by atoms with van der Waals surface area (Å²) in [7, 11) is 0. The third kappa shape index (κ3) is 3.61. The number of benzene rings is 1. The highest BCUT2D eigenvalue weighted by molar-refractivity contribution is 5.31. The van der Waals surface area contributed by atoms with Crippen LogP contribution in [0.5, 0.6) is 11.6 Å². The van der Waals surface area contributed by atoms with Crippen LogP contribution in [0, 0.1) is 11.6 Å². The summed E-state index contributed by atoms with van der Waals surface area (Å²) in [4.78, 5) is 8.11. The fraction of sp³-hybridized carbons (Fsp3) is 0.231. The van der Waals surface area contributed by atoms with Gasteiger partial charge in [-0.15, -0.1) is 0 Å². The molecule has 100 valence electrons. The predicted molar refractivity (Wildman–Crippen MR) is 67.2 cm³/mol. The lowest BCUT2D eigenvalue weighted by atomic mass is 10.3. The summed E-state index contributed by atoms with van der Waals surface area (Å²) in [5.41, 5.74) is 0. The van der Waals surface area contributed by atoms with Crippen molar-refractivity contribution in [2.75, 3.05) is 11.9 Å². The van der Waals surface area contributed by atoms with E-state index >= 15 is 0 Å². The van der Waals surface area contributed by atoms with Crippen LogP contribution in [0.2, 0.25) is 0 Å². The molecule has 0 fully saturated rings.